The van der Waals surface area contributed by atoms with Gasteiger partial charge in [-0.3, -0.25) is 14.7 Å². The number of aliphatic hydroxyl groups excluding tert-OH is 1. The lowest BCUT2D eigenvalue weighted by Crippen LogP contribution is -2.58. The topological polar surface area (TPSA) is 129 Å². The molecule has 0 bridgehead atoms. The summed E-state index contributed by atoms with van der Waals surface area (Å²) >= 11 is 0. The molecule has 5 N–H and O–H groups in total. The summed E-state index contributed by atoms with van der Waals surface area (Å²) in [5.41, 5.74) is 9.53. The van der Waals surface area contributed by atoms with Gasteiger partial charge in [-0.05, 0) is 47.9 Å². The first-order valence-corrected chi connectivity index (χ1v) is 13.2. The van der Waals surface area contributed by atoms with Gasteiger partial charge in [-0.2, -0.15) is 0 Å². The van der Waals surface area contributed by atoms with Crippen LogP contribution in [0.4, 0.5) is 4.79 Å². The van der Waals surface area contributed by atoms with E-state index in [1.54, 1.807) is 6.20 Å². The summed E-state index contributed by atoms with van der Waals surface area (Å²) in [6.07, 6.45) is 0.797. The lowest BCUT2D eigenvalue weighted by Gasteiger charge is -2.37. The summed E-state index contributed by atoms with van der Waals surface area (Å²) < 4.78 is 0. The van der Waals surface area contributed by atoms with E-state index in [4.69, 9.17) is 5.73 Å². The number of carboxylic acid groups (broad SMARTS) is 1. The SMILES string of the molecule is CN(C(=O)O)[C@H](C(=O)N[C@@H](Cc1ccc(-c2ccccn2)cc1)[C@@H](O)C[C@@H](N)Cc1ccccc1)C(C)(C)C. The minimum absolute atomic E-state index is 0.265. The van der Waals surface area contributed by atoms with Crippen LogP contribution in [-0.4, -0.2) is 63.4 Å². The van der Waals surface area contributed by atoms with Crippen LogP contribution in [0.15, 0.2) is 79.0 Å². The second-order valence-corrected chi connectivity index (χ2v) is 11.1. The van der Waals surface area contributed by atoms with Crippen LogP contribution in [0.3, 0.4) is 0 Å². The van der Waals surface area contributed by atoms with E-state index in [9.17, 15) is 19.8 Å². The third-order valence-electron chi connectivity index (χ3n) is 6.80. The zero-order valence-corrected chi connectivity index (χ0v) is 23.1. The maximum atomic E-state index is 13.5. The average molecular weight is 533 g/mol. The molecule has 8 heteroatoms. The van der Waals surface area contributed by atoms with Gasteiger partial charge in [0.1, 0.15) is 6.04 Å². The van der Waals surface area contributed by atoms with Crippen molar-refractivity contribution >= 4 is 12.0 Å². The molecule has 0 saturated carbocycles. The molecule has 1 heterocycles. The molecule has 0 unspecified atom stereocenters. The van der Waals surface area contributed by atoms with Gasteiger partial charge < -0.3 is 21.3 Å². The number of carbonyl (C=O) groups is 2. The Morgan fingerprint density at radius 1 is 0.949 bits per heavy atom. The van der Waals surface area contributed by atoms with Gasteiger partial charge in [-0.1, -0.05) is 81.4 Å². The number of nitrogens with two attached hydrogens (primary N) is 1. The minimum atomic E-state index is -1.20. The van der Waals surface area contributed by atoms with Crippen molar-refractivity contribution in [1.29, 1.82) is 0 Å². The van der Waals surface area contributed by atoms with Crippen molar-refractivity contribution in [2.45, 2.75) is 64.3 Å². The smallest absolute Gasteiger partial charge is 0.407 e. The molecule has 208 valence electrons. The van der Waals surface area contributed by atoms with Crippen molar-refractivity contribution in [3.63, 3.8) is 0 Å². The molecule has 0 fully saturated rings. The molecule has 0 aliphatic heterocycles. The zero-order valence-electron chi connectivity index (χ0n) is 23.1. The van der Waals surface area contributed by atoms with E-state index in [1.807, 2.05) is 93.6 Å². The van der Waals surface area contributed by atoms with Gasteiger partial charge in [-0.15, -0.1) is 0 Å². The Balaban J connectivity index is 1.81. The molecule has 2 aromatic carbocycles. The number of hydrogen-bond acceptors (Lipinski definition) is 5. The zero-order chi connectivity index (χ0) is 28.6. The van der Waals surface area contributed by atoms with Crippen LogP contribution in [0, 0.1) is 5.41 Å². The Bertz CT molecular complexity index is 1200. The van der Waals surface area contributed by atoms with Gasteiger partial charge in [0.2, 0.25) is 5.91 Å². The van der Waals surface area contributed by atoms with Crippen molar-refractivity contribution in [2.75, 3.05) is 7.05 Å². The predicted octanol–water partition coefficient (Wildman–Crippen LogP) is 4.12. The molecule has 4 atom stereocenters. The summed E-state index contributed by atoms with van der Waals surface area (Å²) in [4.78, 5) is 30.6. The van der Waals surface area contributed by atoms with Gasteiger partial charge >= 0.3 is 6.09 Å². The number of nitrogens with zero attached hydrogens (tertiary/aromatic N) is 2. The summed E-state index contributed by atoms with van der Waals surface area (Å²) in [5.74, 6) is -0.460. The number of rotatable bonds is 11. The molecule has 0 aliphatic rings. The Labute approximate surface area is 230 Å². The van der Waals surface area contributed by atoms with Crippen LogP contribution in [0.5, 0.6) is 0 Å². The molecule has 0 radical (unpaired) electrons. The van der Waals surface area contributed by atoms with E-state index >= 15 is 0 Å². The lowest BCUT2D eigenvalue weighted by molar-refractivity contribution is -0.130. The predicted molar refractivity (Wildman–Crippen MR) is 153 cm³/mol. The highest BCUT2D eigenvalue weighted by Crippen LogP contribution is 2.25. The lowest BCUT2D eigenvalue weighted by atomic mass is 9.84. The highest BCUT2D eigenvalue weighted by Gasteiger charge is 2.38. The summed E-state index contributed by atoms with van der Waals surface area (Å²) in [6.45, 7) is 5.44. The first kappa shape index (κ1) is 29.8. The fraction of sp³-hybridized carbons (Fsp3) is 0.387. The molecule has 3 aromatic rings. The van der Waals surface area contributed by atoms with E-state index < -0.39 is 35.6 Å². The number of likely N-dealkylation sites (N-methyl/N-ethyl adjacent to an activating group) is 1. The van der Waals surface area contributed by atoms with Gasteiger partial charge in [0, 0.05) is 24.8 Å². The fourth-order valence-electron chi connectivity index (χ4n) is 4.88. The minimum Gasteiger partial charge on any atom is -0.465 e. The molecule has 3 rings (SSSR count). The van der Waals surface area contributed by atoms with E-state index in [1.165, 1.54) is 7.05 Å². The Morgan fingerprint density at radius 3 is 2.13 bits per heavy atom. The number of hydrogen-bond donors (Lipinski definition) is 4. The number of nitrogens with one attached hydrogen (secondary N) is 1. The van der Waals surface area contributed by atoms with Crippen LogP contribution in [0.2, 0.25) is 0 Å². The molecule has 0 spiro atoms. The summed E-state index contributed by atoms with van der Waals surface area (Å²) in [7, 11) is 1.38. The van der Waals surface area contributed by atoms with Crippen molar-refractivity contribution in [1.82, 2.24) is 15.2 Å². The third-order valence-corrected chi connectivity index (χ3v) is 6.80. The average Bonchev–Trinajstić information content (AvgIpc) is 2.89. The molecular weight excluding hydrogens is 492 g/mol. The third kappa shape index (κ3) is 8.63. The van der Waals surface area contributed by atoms with Gasteiger partial charge in [0.05, 0.1) is 17.8 Å². The Morgan fingerprint density at radius 2 is 1.56 bits per heavy atom. The quantitative estimate of drug-likeness (QED) is 0.294. The number of benzene rings is 2. The molecular formula is C31H40N4O4. The van der Waals surface area contributed by atoms with Crippen molar-refractivity contribution in [2.24, 2.45) is 11.1 Å². The second kappa shape index (κ2) is 13.4. The van der Waals surface area contributed by atoms with Crippen LogP contribution in [0.1, 0.15) is 38.3 Å². The van der Waals surface area contributed by atoms with Crippen LogP contribution in [0.25, 0.3) is 11.3 Å². The maximum absolute atomic E-state index is 13.5. The highest BCUT2D eigenvalue weighted by molar-refractivity contribution is 5.86. The van der Waals surface area contributed by atoms with Crippen LogP contribution in [-0.2, 0) is 17.6 Å². The van der Waals surface area contributed by atoms with Gasteiger partial charge in [0.15, 0.2) is 0 Å². The maximum Gasteiger partial charge on any atom is 0.407 e. The van der Waals surface area contributed by atoms with Crippen molar-refractivity contribution < 1.29 is 19.8 Å². The fourth-order valence-corrected chi connectivity index (χ4v) is 4.88. The Hall–Kier alpha value is -3.75. The number of aromatic nitrogens is 1. The summed E-state index contributed by atoms with van der Waals surface area (Å²) in [5, 5.41) is 23.9. The van der Waals surface area contributed by atoms with Gasteiger partial charge in [0.25, 0.3) is 0 Å². The van der Waals surface area contributed by atoms with E-state index in [2.05, 4.69) is 10.3 Å². The molecule has 39 heavy (non-hydrogen) atoms. The first-order chi connectivity index (χ1) is 18.5. The number of carbonyl (C=O) groups excluding carboxylic acids is 1. The van der Waals surface area contributed by atoms with E-state index in [0.717, 1.165) is 27.3 Å². The molecule has 2 amide bonds. The number of pyridine rings is 1. The highest BCUT2D eigenvalue weighted by atomic mass is 16.4. The van der Waals surface area contributed by atoms with Crippen LogP contribution >= 0.6 is 0 Å². The van der Waals surface area contributed by atoms with Gasteiger partial charge in [-0.25, -0.2) is 4.79 Å². The summed E-state index contributed by atoms with van der Waals surface area (Å²) in [6, 6.07) is 21.4. The Kier molecular flexibility index (Phi) is 10.2. The van der Waals surface area contributed by atoms with Crippen molar-refractivity contribution in [3.05, 3.63) is 90.1 Å². The standard InChI is InChI=1S/C31H40N4O4/c1-31(2,3)28(35(4)30(38)39)29(37)34-26(27(36)20-24(32)18-21-10-6-5-7-11-21)19-22-13-15-23(16-14-22)25-12-8-9-17-33-25/h5-17,24,26-28,36H,18-20,32H2,1-4H3,(H,34,37)(H,38,39)/t24-,26-,27-,28+/m0/s1. The van der Waals surface area contributed by atoms with E-state index in [0.29, 0.717) is 12.8 Å². The monoisotopic (exact) mass is 532 g/mol. The van der Waals surface area contributed by atoms with Crippen molar-refractivity contribution in [3.8, 4) is 11.3 Å². The first-order valence-electron chi connectivity index (χ1n) is 13.2. The largest absolute Gasteiger partial charge is 0.465 e. The molecule has 0 saturated heterocycles. The molecule has 0 aliphatic carbocycles. The second-order valence-electron chi connectivity index (χ2n) is 11.1. The van der Waals surface area contributed by atoms with Crippen LogP contribution < -0.4 is 11.1 Å². The number of aliphatic hydroxyl groups is 1. The normalized spacial score (nSPS) is 14.6. The van der Waals surface area contributed by atoms with E-state index in [-0.39, 0.29) is 12.5 Å². The molecule has 1 aromatic heterocycles. The molecule has 8 nitrogen and oxygen atoms in total. The number of amides is 2.